The van der Waals surface area contributed by atoms with E-state index in [4.69, 9.17) is 0 Å². The van der Waals surface area contributed by atoms with Crippen LogP contribution in [0.25, 0.3) is 76.5 Å². The van der Waals surface area contributed by atoms with Crippen LogP contribution in [0.3, 0.4) is 0 Å². The Morgan fingerprint density at radius 2 is 0.787 bits per heavy atom. The zero-order valence-electron chi connectivity index (χ0n) is 26.0. The fraction of sp³-hybridized carbons (Fsp3) is 0. The third-order valence-electron chi connectivity index (χ3n) is 9.67. The number of hydrogen-bond donors (Lipinski definition) is 0. The van der Waals surface area contributed by atoms with Gasteiger partial charge in [0, 0.05) is 0 Å². The van der Waals surface area contributed by atoms with Gasteiger partial charge >= 0.3 is 0 Å². The number of fused-ring (bicyclic) bond motifs is 4. The zero-order valence-corrected chi connectivity index (χ0v) is 27.4. The second-order valence-corrected chi connectivity index (χ2v) is 14.5. The van der Waals surface area contributed by atoms with Crippen molar-refractivity contribution in [3.8, 4) is 33.4 Å². The molecule has 0 nitrogen and oxygen atoms in total. The van der Waals surface area contributed by atoms with Crippen LogP contribution in [0.1, 0.15) is 0 Å². The Morgan fingerprint density at radius 1 is 0.277 bits per heavy atom. The van der Waals surface area contributed by atoms with Gasteiger partial charge in [-0.05, 0) is 76.5 Å². The predicted molar refractivity (Wildman–Crippen MR) is 207 cm³/mol. The maximum Gasteiger partial charge on any atom is 0.0875 e. The molecule has 0 heterocycles. The Hall–Kier alpha value is -5.76. The normalized spacial score (nSPS) is 11.7. The summed E-state index contributed by atoms with van der Waals surface area (Å²) in [6.45, 7) is 0. The van der Waals surface area contributed by atoms with Crippen molar-refractivity contribution in [3.05, 3.63) is 182 Å². The van der Waals surface area contributed by atoms with Crippen molar-refractivity contribution in [1.82, 2.24) is 0 Å². The van der Waals surface area contributed by atoms with E-state index in [1.807, 2.05) is 0 Å². The number of benzene rings is 9. The van der Waals surface area contributed by atoms with E-state index in [1.165, 1.54) is 86.8 Å². The molecule has 0 amide bonds. The van der Waals surface area contributed by atoms with Gasteiger partial charge in [0.25, 0.3) is 0 Å². The molecule has 0 aliphatic heterocycles. The van der Waals surface area contributed by atoms with E-state index in [0.717, 1.165) is 0 Å². The topological polar surface area (TPSA) is 0 Å². The van der Waals surface area contributed by atoms with Crippen LogP contribution in [0.4, 0.5) is 0 Å². The van der Waals surface area contributed by atoms with Crippen molar-refractivity contribution in [2.24, 2.45) is 0 Å². The molecule has 1 heteroatoms. The predicted octanol–water partition coefficient (Wildman–Crippen LogP) is 10.4. The third kappa shape index (κ3) is 4.84. The van der Waals surface area contributed by atoms with E-state index in [9.17, 15) is 0 Å². The fourth-order valence-electron chi connectivity index (χ4n) is 7.51. The van der Waals surface area contributed by atoms with Gasteiger partial charge in [0.2, 0.25) is 0 Å². The molecule has 0 aliphatic rings. The van der Waals surface area contributed by atoms with Crippen molar-refractivity contribution < 1.29 is 0 Å². The minimum atomic E-state index is -0.638. The molecule has 9 aromatic rings. The molecular weight excluding hydrogens is 581 g/mol. The van der Waals surface area contributed by atoms with Crippen molar-refractivity contribution in [2.45, 2.75) is 0 Å². The molecule has 0 atom stereocenters. The summed E-state index contributed by atoms with van der Waals surface area (Å²) in [5.74, 6) is 0. The molecule has 0 saturated carbocycles. The van der Waals surface area contributed by atoms with Crippen LogP contribution in [0.2, 0.25) is 0 Å². The molecular formula is C46H32Si. The van der Waals surface area contributed by atoms with E-state index in [2.05, 4.69) is 182 Å². The van der Waals surface area contributed by atoms with Gasteiger partial charge in [0.1, 0.15) is 0 Å². The second kappa shape index (κ2) is 11.5. The monoisotopic (exact) mass is 612 g/mol. The van der Waals surface area contributed by atoms with Crippen molar-refractivity contribution >= 4 is 63.0 Å². The molecule has 0 N–H and O–H groups in total. The van der Waals surface area contributed by atoms with Gasteiger partial charge in [-0.25, -0.2) is 0 Å². The minimum absolute atomic E-state index is 0.638. The summed E-state index contributed by atoms with van der Waals surface area (Å²) in [7, 11) is -0.638. The Balaban J connectivity index is 1.30. The molecule has 0 spiro atoms. The number of rotatable bonds is 5. The summed E-state index contributed by atoms with van der Waals surface area (Å²) >= 11 is 0. The highest BCUT2D eigenvalue weighted by Gasteiger charge is 2.19. The average Bonchev–Trinajstić information content (AvgIpc) is 3.14. The van der Waals surface area contributed by atoms with Gasteiger partial charge in [-0.15, -0.1) is 0 Å². The average molecular weight is 613 g/mol. The minimum Gasteiger partial charge on any atom is -0.0633 e. The molecule has 0 fully saturated rings. The van der Waals surface area contributed by atoms with Gasteiger partial charge < -0.3 is 0 Å². The summed E-state index contributed by atoms with van der Waals surface area (Å²) in [6.07, 6.45) is 0. The molecule has 0 bridgehead atoms. The first-order chi connectivity index (χ1) is 23.3. The Kier molecular flexibility index (Phi) is 6.77. The summed E-state index contributed by atoms with van der Waals surface area (Å²) in [6, 6.07) is 67.3. The molecule has 0 saturated heterocycles. The molecule has 0 aromatic heterocycles. The first kappa shape index (κ1) is 27.5. The second-order valence-electron chi connectivity index (χ2n) is 12.5. The molecule has 9 rings (SSSR count). The van der Waals surface area contributed by atoms with Crippen LogP contribution in [0, 0.1) is 0 Å². The van der Waals surface area contributed by atoms with E-state index in [-0.39, 0.29) is 0 Å². The van der Waals surface area contributed by atoms with Gasteiger partial charge in [0.05, 0.1) is 9.52 Å². The van der Waals surface area contributed by atoms with E-state index in [0.29, 0.717) is 0 Å². The van der Waals surface area contributed by atoms with Crippen LogP contribution in [-0.2, 0) is 0 Å². The molecule has 220 valence electrons. The smallest absolute Gasteiger partial charge is 0.0633 e. The summed E-state index contributed by atoms with van der Waals surface area (Å²) < 4.78 is 0. The van der Waals surface area contributed by atoms with Crippen LogP contribution in [0.15, 0.2) is 182 Å². The summed E-state index contributed by atoms with van der Waals surface area (Å²) in [4.78, 5) is 0. The SMILES string of the molecule is c1ccc([SiH2]c2ccc3c(-c4ccc(-c5cccc6ccccc56)cc4)c4ccccc4c(-c4cccc5ccccc45)c3c2)cc1. The standard InChI is InChI=1S/C46H32Si/c1-2-16-35(17-3-1)47-36-28-29-43-44(30-36)46(40-23-11-15-32-13-5-7-19-39(32)40)42-21-9-8-20-41(42)45(43)34-26-24-33(25-27-34)38-22-10-14-31-12-4-6-18-37(31)38/h1-30H,47H2. The Labute approximate surface area is 277 Å². The number of hydrogen-bond acceptors (Lipinski definition) is 0. The zero-order chi connectivity index (χ0) is 31.2. The molecule has 9 aromatic carbocycles. The first-order valence-corrected chi connectivity index (χ1v) is 17.8. The third-order valence-corrected chi connectivity index (χ3v) is 11.4. The first-order valence-electron chi connectivity index (χ1n) is 16.4. The van der Waals surface area contributed by atoms with Crippen LogP contribution in [-0.4, -0.2) is 9.52 Å². The van der Waals surface area contributed by atoms with E-state index in [1.54, 1.807) is 0 Å². The maximum absolute atomic E-state index is 2.51. The molecule has 0 aliphatic carbocycles. The van der Waals surface area contributed by atoms with Crippen molar-refractivity contribution in [3.63, 3.8) is 0 Å². The lowest BCUT2D eigenvalue weighted by molar-refractivity contribution is 1.63. The van der Waals surface area contributed by atoms with Gasteiger partial charge in [-0.1, -0.05) is 192 Å². The van der Waals surface area contributed by atoms with E-state index >= 15 is 0 Å². The van der Waals surface area contributed by atoms with Gasteiger partial charge in [-0.3, -0.25) is 0 Å². The Bertz CT molecular complexity index is 2570. The maximum atomic E-state index is 2.51. The quantitative estimate of drug-likeness (QED) is 0.134. The lowest BCUT2D eigenvalue weighted by Gasteiger charge is -2.20. The lowest BCUT2D eigenvalue weighted by Crippen LogP contribution is -2.26. The molecule has 0 radical (unpaired) electrons. The largest absolute Gasteiger partial charge is 0.0875 e. The Morgan fingerprint density at radius 3 is 1.49 bits per heavy atom. The molecule has 47 heavy (non-hydrogen) atoms. The highest BCUT2D eigenvalue weighted by atomic mass is 28.2. The summed E-state index contributed by atoms with van der Waals surface area (Å²) in [5.41, 5.74) is 7.67. The van der Waals surface area contributed by atoms with Crippen molar-refractivity contribution in [2.75, 3.05) is 0 Å². The van der Waals surface area contributed by atoms with E-state index < -0.39 is 9.52 Å². The van der Waals surface area contributed by atoms with Crippen LogP contribution >= 0.6 is 0 Å². The fourth-order valence-corrected chi connectivity index (χ4v) is 9.03. The highest BCUT2D eigenvalue weighted by Crippen LogP contribution is 2.45. The van der Waals surface area contributed by atoms with Crippen LogP contribution < -0.4 is 10.4 Å². The van der Waals surface area contributed by atoms with Gasteiger partial charge in [0.15, 0.2) is 0 Å². The molecule has 0 unspecified atom stereocenters. The highest BCUT2D eigenvalue weighted by molar-refractivity contribution is 6.67. The van der Waals surface area contributed by atoms with Gasteiger partial charge in [-0.2, -0.15) is 0 Å². The van der Waals surface area contributed by atoms with Crippen LogP contribution in [0.5, 0.6) is 0 Å². The lowest BCUT2D eigenvalue weighted by atomic mass is 9.84. The summed E-state index contributed by atoms with van der Waals surface area (Å²) in [5, 5.41) is 13.2. The van der Waals surface area contributed by atoms with Crippen molar-refractivity contribution in [1.29, 1.82) is 0 Å².